The first kappa shape index (κ1) is 21.3. The minimum absolute atomic E-state index is 0. The summed E-state index contributed by atoms with van der Waals surface area (Å²) in [6.45, 7) is 0. The number of halogens is 2. The molecule has 0 spiro atoms. The molecular weight excluding hydrogens is 434 g/mol. The van der Waals surface area contributed by atoms with E-state index in [0.717, 1.165) is 0 Å². The zero-order chi connectivity index (χ0) is 17.0. The summed E-state index contributed by atoms with van der Waals surface area (Å²) in [7, 11) is 0. The van der Waals surface area contributed by atoms with E-state index < -0.39 is 13.6 Å². The van der Waals surface area contributed by atoms with Crippen molar-refractivity contribution in [1.82, 2.24) is 0 Å². The van der Waals surface area contributed by atoms with Crippen molar-refractivity contribution in [2.45, 2.75) is 0 Å². The van der Waals surface area contributed by atoms with Gasteiger partial charge in [-0.05, 0) is 0 Å². The Hall–Kier alpha value is -1.98. The van der Waals surface area contributed by atoms with Crippen LogP contribution in [0.25, 0.3) is 0 Å². The summed E-state index contributed by atoms with van der Waals surface area (Å²) in [6.07, 6.45) is 0. The van der Waals surface area contributed by atoms with Crippen molar-refractivity contribution < 1.29 is 26.2 Å². The molecule has 0 unspecified atom stereocenters. The van der Waals surface area contributed by atoms with Gasteiger partial charge in [0.15, 0.2) is 0 Å². The number of hydrogen-bond donors (Lipinski definition) is 0. The molecule has 4 rings (SSSR count). The maximum atomic E-state index is 2.31. The van der Waals surface area contributed by atoms with Gasteiger partial charge in [0, 0.05) is 0 Å². The Balaban J connectivity index is 0.00000131. The van der Waals surface area contributed by atoms with E-state index in [1.165, 1.54) is 17.4 Å². The van der Waals surface area contributed by atoms with Gasteiger partial charge in [0.05, 0.1) is 0 Å². The quantitative estimate of drug-likeness (QED) is 0.292. The molecule has 0 heterocycles. The SMILES string of the molecule is [Cl-].[Cl-].[H+].c1ccc([As+](c2ccccc2)(c2ccccc2)c2ccccc2)cc1. The molecule has 4 aromatic rings. The molecule has 0 saturated carbocycles. The van der Waals surface area contributed by atoms with Gasteiger partial charge in [0.1, 0.15) is 0 Å². The van der Waals surface area contributed by atoms with Crippen LogP contribution in [-0.4, -0.2) is 13.6 Å². The summed E-state index contributed by atoms with van der Waals surface area (Å²) in [5.74, 6) is 0. The monoisotopic (exact) mass is 454 g/mol. The summed E-state index contributed by atoms with van der Waals surface area (Å²) < 4.78 is 5.79. The second-order valence-electron chi connectivity index (χ2n) is 6.01. The van der Waals surface area contributed by atoms with Gasteiger partial charge in [0.2, 0.25) is 0 Å². The van der Waals surface area contributed by atoms with Gasteiger partial charge in [-0.1, -0.05) is 0 Å². The van der Waals surface area contributed by atoms with Crippen molar-refractivity contribution >= 4 is 31.0 Å². The first-order valence-electron chi connectivity index (χ1n) is 8.54. The van der Waals surface area contributed by atoms with Gasteiger partial charge in [-0.3, -0.25) is 0 Å². The van der Waals surface area contributed by atoms with Gasteiger partial charge >= 0.3 is 154 Å². The van der Waals surface area contributed by atoms with Crippen LogP contribution in [0.4, 0.5) is 0 Å². The number of hydrogen-bond acceptors (Lipinski definition) is 0. The predicted molar refractivity (Wildman–Crippen MR) is 111 cm³/mol. The molecule has 4 aromatic carbocycles. The average Bonchev–Trinajstić information content (AvgIpc) is 2.72. The van der Waals surface area contributed by atoms with E-state index in [4.69, 9.17) is 0 Å². The molecule has 0 nitrogen and oxygen atoms in total. The molecule has 136 valence electrons. The zero-order valence-electron chi connectivity index (χ0n) is 15.8. The molecule has 0 bridgehead atoms. The molecule has 0 aliphatic heterocycles. The summed E-state index contributed by atoms with van der Waals surface area (Å²) >= 11 is -2.77. The van der Waals surface area contributed by atoms with Crippen molar-refractivity contribution in [1.29, 1.82) is 0 Å². The third-order valence-corrected chi connectivity index (χ3v) is 13.6. The molecule has 3 heteroatoms. The predicted octanol–water partition coefficient (Wildman–Crippen LogP) is -2.82. The molecule has 0 saturated heterocycles. The fraction of sp³-hybridized carbons (Fsp3) is 0. The minimum atomic E-state index is -2.77. The summed E-state index contributed by atoms with van der Waals surface area (Å²) in [5, 5.41) is 0. The molecule has 0 aliphatic rings. The Morgan fingerprint density at radius 2 is 0.519 bits per heavy atom. The van der Waals surface area contributed by atoms with Crippen LogP contribution in [0.1, 0.15) is 1.43 Å². The number of rotatable bonds is 4. The van der Waals surface area contributed by atoms with E-state index >= 15 is 0 Å². The van der Waals surface area contributed by atoms with Gasteiger partial charge in [-0.25, -0.2) is 0 Å². The van der Waals surface area contributed by atoms with Crippen molar-refractivity contribution in [2.75, 3.05) is 0 Å². The fourth-order valence-corrected chi connectivity index (χ4v) is 12.5. The van der Waals surface area contributed by atoms with E-state index in [2.05, 4.69) is 121 Å². The van der Waals surface area contributed by atoms with E-state index in [1.807, 2.05) is 0 Å². The van der Waals surface area contributed by atoms with Gasteiger partial charge in [-0.2, -0.15) is 0 Å². The van der Waals surface area contributed by atoms with Crippen molar-refractivity contribution in [3.8, 4) is 0 Å². The van der Waals surface area contributed by atoms with Gasteiger partial charge in [0.25, 0.3) is 0 Å². The molecule has 0 aromatic heterocycles. The van der Waals surface area contributed by atoms with Gasteiger partial charge in [-0.15, -0.1) is 0 Å². The van der Waals surface area contributed by atoms with Crippen LogP contribution in [0.5, 0.6) is 0 Å². The first-order valence-corrected chi connectivity index (χ1v) is 12.3. The van der Waals surface area contributed by atoms with Crippen molar-refractivity contribution in [3.63, 3.8) is 0 Å². The van der Waals surface area contributed by atoms with E-state index in [9.17, 15) is 0 Å². The van der Waals surface area contributed by atoms with Crippen LogP contribution < -0.4 is 42.2 Å². The normalized spacial score (nSPS) is 10.4. The second-order valence-corrected chi connectivity index (χ2v) is 13.2. The fourth-order valence-electron chi connectivity index (χ4n) is 3.50. The van der Waals surface area contributed by atoms with Crippen LogP contribution in [-0.2, 0) is 0 Å². The summed E-state index contributed by atoms with van der Waals surface area (Å²) in [6, 6.07) is 44.2. The van der Waals surface area contributed by atoms with E-state index in [-0.39, 0.29) is 26.2 Å². The molecule has 0 N–H and O–H groups in total. The Bertz CT molecular complexity index is 770. The van der Waals surface area contributed by atoms with Crippen molar-refractivity contribution in [2.24, 2.45) is 0 Å². The van der Waals surface area contributed by atoms with Crippen LogP contribution in [0.3, 0.4) is 0 Å². The standard InChI is InChI=1S/C24H20As.2ClH/c1-5-13-21(14-6-1)25(22-15-7-2-8-16-22,23-17-9-3-10-18-23)24-19-11-4-12-20-24;;/h1-20H;2*1H/q+1;;/p-1. The first-order chi connectivity index (χ1) is 12.4. The van der Waals surface area contributed by atoms with E-state index in [1.54, 1.807) is 0 Å². The Morgan fingerprint density at radius 1 is 0.333 bits per heavy atom. The van der Waals surface area contributed by atoms with Crippen molar-refractivity contribution in [3.05, 3.63) is 121 Å². The molecule has 27 heavy (non-hydrogen) atoms. The van der Waals surface area contributed by atoms with Crippen LogP contribution >= 0.6 is 0 Å². The Morgan fingerprint density at radius 3 is 0.704 bits per heavy atom. The molecule has 0 atom stereocenters. The third kappa shape index (κ3) is 3.99. The molecule has 0 aliphatic carbocycles. The van der Waals surface area contributed by atoms with E-state index in [0.29, 0.717) is 0 Å². The van der Waals surface area contributed by atoms with Crippen LogP contribution in [0.2, 0.25) is 0 Å². The number of benzene rings is 4. The maximum absolute atomic E-state index is 2.77. The van der Waals surface area contributed by atoms with Gasteiger partial charge < -0.3 is 24.8 Å². The molecular formula is C24H21AsCl2. The molecule has 0 amide bonds. The topological polar surface area (TPSA) is 0 Å². The van der Waals surface area contributed by atoms with Crippen LogP contribution in [0.15, 0.2) is 121 Å². The zero-order valence-corrected chi connectivity index (χ0v) is 18.1. The summed E-state index contributed by atoms with van der Waals surface area (Å²) in [5.41, 5.74) is 0. The van der Waals surface area contributed by atoms with Crippen LogP contribution in [0, 0.1) is 0 Å². The molecule has 0 radical (unpaired) electrons. The summed E-state index contributed by atoms with van der Waals surface area (Å²) in [4.78, 5) is 0. The third-order valence-electron chi connectivity index (χ3n) is 4.57. The Labute approximate surface area is 178 Å². The average molecular weight is 455 g/mol. The molecule has 0 fully saturated rings. The second kappa shape index (κ2) is 9.81. The Kier molecular flexibility index (Phi) is 7.75.